The molecule has 136 valence electrons. The van der Waals surface area contributed by atoms with Gasteiger partial charge in [0.15, 0.2) is 0 Å². The van der Waals surface area contributed by atoms with E-state index in [9.17, 15) is 9.59 Å². The van der Waals surface area contributed by atoms with Crippen LogP contribution in [0.25, 0.3) is 6.08 Å². The van der Waals surface area contributed by atoms with Crippen LogP contribution in [0, 0.1) is 0 Å². The number of hydrazine groups is 1. The Morgan fingerprint density at radius 1 is 0.885 bits per heavy atom. The van der Waals surface area contributed by atoms with Gasteiger partial charge in [-0.3, -0.25) is 15.0 Å². The van der Waals surface area contributed by atoms with Crippen molar-refractivity contribution in [3.05, 3.63) is 71.4 Å². The van der Waals surface area contributed by atoms with Crippen LogP contribution < -0.4 is 15.6 Å². The third-order valence-corrected chi connectivity index (χ3v) is 3.57. The highest BCUT2D eigenvalue weighted by Crippen LogP contribution is 2.14. The molecule has 0 aliphatic rings. The molecular weight excluding hydrogens is 328 g/mol. The van der Waals surface area contributed by atoms with Gasteiger partial charge in [-0.25, -0.2) is 5.01 Å². The van der Waals surface area contributed by atoms with Crippen LogP contribution in [0.3, 0.4) is 0 Å². The standard InChI is InChI=1S/C20H24N4O2/c1-23(2)17-12-10-15(11-13-17)14-18(20(26)22-24(3)4)21-19(25)16-8-6-5-7-9-16/h5-14H,1-4H3,(H,21,25)(H,22,26)/b18-14-. The number of carbonyl (C=O) groups excluding carboxylic acids is 2. The van der Waals surface area contributed by atoms with Gasteiger partial charge in [0.2, 0.25) is 0 Å². The van der Waals surface area contributed by atoms with E-state index in [4.69, 9.17) is 0 Å². The summed E-state index contributed by atoms with van der Waals surface area (Å²) in [5.74, 6) is -0.730. The number of carbonyl (C=O) groups is 2. The first kappa shape index (κ1) is 19.2. The van der Waals surface area contributed by atoms with Crippen molar-refractivity contribution in [1.29, 1.82) is 0 Å². The maximum atomic E-state index is 12.5. The summed E-state index contributed by atoms with van der Waals surface area (Å²) in [6.07, 6.45) is 1.65. The van der Waals surface area contributed by atoms with Gasteiger partial charge in [0.25, 0.3) is 11.8 Å². The second-order valence-electron chi connectivity index (χ2n) is 6.20. The zero-order chi connectivity index (χ0) is 19.1. The molecule has 6 nitrogen and oxygen atoms in total. The van der Waals surface area contributed by atoms with Crippen molar-refractivity contribution in [3.63, 3.8) is 0 Å². The van der Waals surface area contributed by atoms with E-state index in [1.54, 1.807) is 44.4 Å². The maximum Gasteiger partial charge on any atom is 0.282 e. The highest BCUT2D eigenvalue weighted by molar-refractivity contribution is 6.05. The minimum absolute atomic E-state index is 0.171. The number of hydrogen-bond acceptors (Lipinski definition) is 4. The Morgan fingerprint density at radius 2 is 1.50 bits per heavy atom. The van der Waals surface area contributed by atoms with Crippen LogP contribution >= 0.6 is 0 Å². The Balaban J connectivity index is 2.28. The van der Waals surface area contributed by atoms with Crippen molar-refractivity contribution in [2.24, 2.45) is 0 Å². The number of anilines is 1. The third kappa shape index (κ3) is 5.46. The number of nitrogens with zero attached hydrogens (tertiary/aromatic N) is 2. The molecule has 2 amide bonds. The SMILES string of the molecule is CN(C)NC(=O)/C(=C/c1ccc(N(C)C)cc1)NC(=O)c1ccccc1. The summed E-state index contributed by atoms with van der Waals surface area (Å²) in [6.45, 7) is 0. The lowest BCUT2D eigenvalue weighted by atomic mass is 10.1. The average Bonchev–Trinajstić information content (AvgIpc) is 2.61. The molecule has 0 atom stereocenters. The van der Waals surface area contributed by atoms with Gasteiger partial charge in [-0.1, -0.05) is 30.3 Å². The van der Waals surface area contributed by atoms with Crippen LogP contribution in [0.4, 0.5) is 5.69 Å². The van der Waals surface area contributed by atoms with Crippen molar-refractivity contribution in [2.45, 2.75) is 0 Å². The lowest BCUT2D eigenvalue weighted by Gasteiger charge is -2.15. The summed E-state index contributed by atoms with van der Waals surface area (Å²) >= 11 is 0. The van der Waals surface area contributed by atoms with Gasteiger partial charge in [0.05, 0.1) is 0 Å². The molecule has 0 spiro atoms. The molecular formula is C20H24N4O2. The molecule has 0 fully saturated rings. The fourth-order valence-corrected chi connectivity index (χ4v) is 2.24. The summed E-state index contributed by atoms with van der Waals surface area (Å²) in [7, 11) is 7.34. The van der Waals surface area contributed by atoms with Gasteiger partial charge in [0, 0.05) is 39.4 Å². The van der Waals surface area contributed by atoms with E-state index in [2.05, 4.69) is 10.7 Å². The first-order chi connectivity index (χ1) is 12.4. The summed E-state index contributed by atoms with van der Waals surface area (Å²) in [5.41, 5.74) is 5.17. The summed E-state index contributed by atoms with van der Waals surface area (Å²) < 4.78 is 0. The molecule has 0 heterocycles. The zero-order valence-electron chi connectivity index (χ0n) is 15.5. The minimum Gasteiger partial charge on any atom is -0.378 e. The predicted octanol–water partition coefficient (Wildman–Crippen LogP) is 2.12. The van der Waals surface area contributed by atoms with Gasteiger partial charge < -0.3 is 10.2 Å². The first-order valence-corrected chi connectivity index (χ1v) is 8.20. The fraction of sp³-hybridized carbons (Fsp3) is 0.200. The van der Waals surface area contributed by atoms with Crippen molar-refractivity contribution < 1.29 is 9.59 Å². The maximum absolute atomic E-state index is 12.5. The molecule has 6 heteroatoms. The Hall–Kier alpha value is -3.12. The van der Waals surface area contributed by atoms with Crippen molar-refractivity contribution in [1.82, 2.24) is 15.8 Å². The van der Waals surface area contributed by atoms with Crippen LogP contribution in [0.5, 0.6) is 0 Å². The van der Waals surface area contributed by atoms with Crippen LogP contribution in [0.2, 0.25) is 0 Å². The molecule has 2 aromatic carbocycles. The first-order valence-electron chi connectivity index (χ1n) is 8.20. The van der Waals surface area contributed by atoms with E-state index in [0.29, 0.717) is 5.56 Å². The summed E-state index contributed by atoms with van der Waals surface area (Å²) in [6, 6.07) is 16.5. The van der Waals surface area contributed by atoms with E-state index in [-0.39, 0.29) is 11.6 Å². The normalized spacial score (nSPS) is 11.2. The van der Waals surface area contributed by atoms with E-state index in [1.807, 2.05) is 49.3 Å². The van der Waals surface area contributed by atoms with Crippen LogP contribution in [-0.2, 0) is 4.79 Å². The molecule has 0 bridgehead atoms. The molecule has 2 rings (SSSR count). The van der Waals surface area contributed by atoms with Gasteiger partial charge in [-0.2, -0.15) is 0 Å². The largest absolute Gasteiger partial charge is 0.378 e. The van der Waals surface area contributed by atoms with Crippen LogP contribution in [-0.4, -0.2) is 45.0 Å². The highest BCUT2D eigenvalue weighted by atomic mass is 16.2. The second-order valence-corrected chi connectivity index (χ2v) is 6.20. The molecule has 0 saturated heterocycles. The third-order valence-electron chi connectivity index (χ3n) is 3.57. The van der Waals surface area contributed by atoms with E-state index in [1.165, 1.54) is 5.01 Å². The van der Waals surface area contributed by atoms with E-state index >= 15 is 0 Å². The molecule has 0 aliphatic heterocycles. The van der Waals surface area contributed by atoms with Gasteiger partial charge in [-0.15, -0.1) is 0 Å². The number of rotatable bonds is 6. The Labute approximate surface area is 154 Å². The number of benzene rings is 2. The molecule has 0 aromatic heterocycles. The van der Waals surface area contributed by atoms with Gasteiger partial charge in [-0.05, 0) is 35.9 Å². The Kier molecular flexibility index (Phi) is 6.52. The molecule has 0 saturated carbocycles. The predicted molar refractivity (Wildman–Crippen MR) is 104 cm³/mol. The van der Waals surface area contributed by atoms with Crippen LogP contribution in [0.1, 0.15) is 15.9 Å². The smallest absolute Gasteiger partial charge is 0.282 e. The number of hydrogen-bond donors (Lipinski definition) is 2. The number of amides is 2. The van der Waals surface area contributed by atoms with Crippen molar-refractivity contribution in [3.8, 4) is 0 Å². The highest BCUT2D eigenvalue weighted by Gasteiger charge is 2.15. The van der Waals surface area contributed by atoms with Gasteiger partial charge >= 0.3 is 0 Å². The van der Waals surface area contributed by atoms with Gasteiger partial charge in [0.1, 0.15) is 5.70 Å². The summed E-state index contributed by atoms with van der Waals surface area (Å²) in [4.78, 5) is 26.9. The monoisotopic (exact) mass is 352 g/mol. The molecule has 2 aromatic rings. The quantitative estimate of drug-likeness (QED) is 0.617. The lowest BCUT2D eigenvalue weighted by Crippen LogP contribution is -2.41. The zero-order valence-corrected chi connectivity index (χ0v) is 15.5. The van der Waals surface area contributed by atoms with E-state index in [0.717, 1.165) is 11.3 Å². The fourth-order valence-electron chi connectivity index (χ4n) is 2.24. The average molecular weight is 352 g/mol. The van der Waals surface area contributed by atoms with Crippen molar-refractivity contribution >= 4 is 23.6 Å². The Morgan fingerprint density at radius 3 is 2.04 bits per heavy atom. The lowest BCUT2D eigenvalue weighted by molar-refractivity contribution is -0.121. The number of nitrogens with one attached hydrogen (secondary N) is 2. The Bertz CT molecular complexity index is 781. The molecule has 0 aliphatic carbocycles. The molecule has 0 unspecified atom stereocenters. The van der Waals surface area contributed by atoms with E-state index < -0.39 is 5.91 Å². The minimum atomic E-state index is -0.393. The molecule has 0 radical (unpaired) electrons. The summed E-state index contributed by atoms with van der Waals surface area (Å²) in [5, 5.41) is 4.23. The second kappa shape index (κ2) is 8.82. The topological polar surface area (TPSA) is 64.7 Å². The van der Waals surface area contributed by atoms with Crippen molar-refractivity contribution in [2.75, 3.05) is 33.1 Å². The molecule has 26 heavy (non-hydrogen) atoms. The van der Waals surface area contributed by atoms with Crippen LogP contribution in [0.15, 0.2) is 60.3 Å². The molecule has 2 N–H and O–H groups in total.